The highest BCUT2D eigenvalue weighted by Gasteiger charge is 2.43. The fourth-order valence-corrected chi connectivity index (χ4v) is 3.99. The lowest BCUT2D eigenvalue weighted by atomic mass is 9.85. The van der Waals surface area contributed by atoms with E-state index in [9.17, 15) is 0 Å². The van der Waals surface area contributed by atoms with Gasteiger partial charge in [-0.05, 0) is 18.3 Å². The number of rotatable bonds is 5. The van der Waals surface area contributed by atoms with Crippen molar-refractivity contribution in [2.75, 3.05) is 46.4 Å². The molecule has 2 atom stereocenters. The lowest BCUT2D eigenvalue weighted by molar-refractivity contribution is 0.0389. The first-order valence-corrected chi connectivity index (χ1v) is 9.14. The first-order valence-electron chi connectivity index (χ1n) is 9.14. The fourth-order valence-electron chi connectivity index (χ4n) is 3.99. The number of aliphatic imine (C=N–C) groups is 1. The molecular weight excluding hydrogens is 276 g/mol. The zero-order valence-electron chi connectivity index (χ0n) is 14.0. The summed E-state index contributed by atoms with van der Waals surface area (Å²) in [7, 11) is 1.88. The van der Waals surface area contributed by atoms with Crippen molar-refractivity contribution in [3.63, 3.8) is 0 Å². The van der Waals surface area contributed by atoms with Crippen LogP contribution in [-0.4, -0.2) is 63.3 Å². The molecule has 2 saturated carbocycles. The molecule has 0 aromatic rings. The SMILES string of the molecule is CN=C(NCCN1CCOCC1)NC1CC1C1CCCCC1. The second-order valence-electron chi connectivity index (χ2n) is 7.00. The number of hydrogen-bond donors (Lipinski definition) is 2. The third-order valence-electron chi connectivity index (χ3n) is 5.47. The molecule has 2 N–H and O–H groups in total. The summed E-state index contributed by atoms with van der Waals surface area (Å²) in [6.45, 7) is 5.89. The van der Waals surface area contributed by atoms with Crippen LogP contribution >= 0.6 is 0 Å². The highest BCUT2D eigenvalue weighted by Crippen LogP contribution is 2.44. The van der Waals surface area contributed by atoms with Gasteiger partial charge in [0.15, 0.2) is 5.96 Å². The molecule has 3 aliphatic rings. The van der Waals surface area contributed by atoms with Gasteiger partial charge in [0.1, 0.15) is 0 Å². The maximum atomic E-state index is 5.38. The van der Waals surface area contributed by atoms with E-state index in [1.165, 1.54) is 38.5 Å². The summed E-state index contributed by atoms with van der Waals surface area (Å²) in [6, 6.07) is 0.665. The van der Waals surface area contributed by atoms with Crippen LogP contribution in [0.3, 0.4) is 0 Å². The molecule has 0 amide bonds. The average Bonchev–Trinajstić information content (AvgIpc) is 3.35. The quantitative estimate of drug-likeness (QED) is 0.596. The zero-order chi connectivity index (χ0) is 15.2. The molecule has 0 aromatic heterocycles. The summed E-state index contributed by atoms with van der Waals surface area (Å²) in [6.07, 6.45) is 8.58. The second-order valence-corrected chi connectivity index (χ2v) is 7.00. The van der Waals surface area contributed by atoms with Crippen LogP contribution in [0.25, 0.3) is 0 Å². The molecule has 22 heavy (non-hydrogen) atoms. The van der Waals surface area contributed by atoms with Crippen molar-refractivity contribution in [3.8, 4) is 0 Å². The standard InChI is InChI=1S/C17H32N4O/c1-18-17(19-7-8-21-9-11-22-12-10-21)20-16-13-15(16)14-5-3-2-4-6-14/h14-16H,2-13H2,1H3,(H2,18,19,20). The lowest BCUT2D eigenvalue weighted by Gasteiger charge is -2.27. The minimum atomic E-state index is 0.665. The Morgan fingerprint density at radius 3 is 2.68 bits per heavy atom. The summed E-state index contributed by atoms with van der Waals surface area (Å²) in [5.41, 5.74) is 0. The predicted octanol–water partition coefficient (Wildman–Crippen LogP) is 1.45. The van der Waals surface area contributed by atoms with Crippen LogP contribution in [0.5, 0.6) is 0 Å². The maximum Gasteiger partial charge on any atom is 0.191 e. The zero-order valence-corrected chi connectivity index (χ0v) is 14.0. The van der Waals surface area contributed by atoms with Gasteiger partial charge in [-0.15, -0.1) is 0 Å². The molecule has 3 fully saturated rings. The molecule has 0 bridgehead atoms. The van der Waals surface area contributed by atoms with Crippen LogP contribution in [0.2, 0.25) is 0 Å². The Hall–Kier alpha value is -0.810. The molecule has 1 heterocycles. The molecule has 1 saturated heterocycles. The first-order chi connectivity index (χ1) is 10.9. The highest BCUT2D eigenvalue weighted by atomic mass is 16.5. The van der Waals surface area contributed by atoms with E-state index < -0.39 is 0 Å². The van der Waals surface area contributed by atoms with Gasteiger partial charge in [-0.1, -0.05) is 32.1 Å². The van der Waals surface area contributed by atoms with Crippen molar-refractivity contribution in [1.29, 1.82) is 0 Å². The van der Waals surface area contributed by atoms with Crippen LogP contribution in [0.1, 0.15) is 38.5 Å². The average molecular weight is 308 g/mol. The Labute approximate surface area is 134 Å². The molecule has 126 valence electrons. The largest absolute Gasteiger partial charge is 0.379 e. The van der Waals surface area contributed by atoms with Crippen molar-refractivity contribution in [2.24, 2.45) is 16.8 Å². The van der Waals surface area contributed by atoms with Gasteiger partial charge in [0.25, 0.3) is 0 Å². The lowest BCUT2D eigenvalue weighted by Crippen LogP contribution is -2.45. The van der Waals surface area contributed by atoms with Gasteiger partial charge >= 0.3 is 0 Å². The Bertz CT molecular complexity index is 362. The molecule has 5 heteroatoms. The Morgan fingerprint density at radius 1 is 1.18 bits per heavy atom. The van der Waals surface area contributed by atoms with E-state index in [2.05, 4.69) is 20.5 Å². The number of nitrogens with zero attached hydrogens (tertiary/aromatic N) is 2. The smallest absolute Gasteiger partial charge is 0.191 e. The van der Waals surface area contributed by atoms with Crippen molar-refractivity contribution >= 4 is 5.96 Å². The van der Waals surface area contributed by atoms with Gasteiger partial charge in [0.05, 0.1) is 13.2 Å². The molecule has 0 spiro atoms. The van der Waals surface area contributed by atoms with E-state index in [0.717, 1.165) is 57.2 Å². The van der Waals surface area contributed by atoms with Crippen LogP contribution in [0, 0.1) is 11.8 Å². The minimum absolute atomic E-state index is 0.665. The van der Waals surface area contributed by atoms with E-state index >= 15 is 0 Å². The Kier molecular flexibility index (Phi) is 5.96. The third-order valence-corrected chi connectivity index (χ3v) is 5.47. The van der Waals surface area contributed by atoms with Crippen LogP contribution in [0.4, 0.5) is 0 Å². The molecule has 2 aliphatic carbocycles. The van der Waals surface area contributed by atoms with Crippen molar-refractivity contribution < 1.29 is 4.74 Å². The summed E-state index contributed by atoms with van der Waals surface area (Å²) in [5.74, 6) is 2.85. The molecule has 0 aromatic carbocycles. The number of guanidine groups is 1. The van der Waals surface area contributed by atoms with Gasteiger partial charge < -0.3 is 15.4 Å². The molecule has 0 radical (unpaired) electrons. The number of ether oxygens (including phenoxy) is 1. The molecule has 5 nitrogen and oxygen atoms in total. The van der Waals surface area contributed by atoms with Gasteiger partial charge in [-0.2, -0.15) is 0 Å². The fraction of sp³-hybridized carbons (Fsp3) is 0.941. The van der Waals surface area contributed by atoms with E-state index in [1.54, 1.807) is 0 Å². The van der Waals surface area contributed by atoms with Gasteiger partial charge in [0.2, 0.25) is 0 Å². The predicted molar refractivity (Wildman–Crippen MR) is 90.2 cm³/mol. The monoisotopic (exact) mass is 308 g/mol. The maximum absolute atomic E-state index is 5.38. The number of hydrogen-bond acceptors (Lipinski definition) is 3. The normalized spacial score (nSPS) is 31.0. The number of nitrogens with one attached hydrogen (secondary N) is 2. The van der Waals surface area contributed by atoms with Crippen molar-refractivity contribution in [2.45, 2.75) is 44.6 Å². The summed E-state index contributed by atoms with van der Waals surface area (Å²) < 4.78 is 5.38. The Balaban J connectivity index is 1.32. The molecule has 1 aliphatic heterocycles. The number of morpholine rings is 1. The van der Waals surface area contributed by atoms with E-state index in [4.69, 9.17) is 4.74 Å². The molecular formula is C17H32N4O. The van der Waals surface area contributed by atoms with E-state index in [1.807, 2.05) is 7.05 Å². The molecule has 2 unspecified atom stereocenters. The van der Waals surface area contributed by atoms with Crippen LogP contribution in [0.15, 0.2) is 4.99 Å². The Morgan fingerprint density at radius 2 is 1.95 bits per heavy atom. The summed E-state index contributed by atoms with van der Waals surface area (Å²) in [4.78, 5) is 6.83. The summed E-state index contributed by atoms with van der Waals surface area (Å²) >= 11 is 0. The van der Waals surface area contributed by atoms with Gasteiger partial charge in [-0.3, -0.25) is 9.89 Å². The second kappa shape index (κ2) is 8.16. The van der Waals surface area contributed by atoms with Crippen LogP contribution < -0.4 is 10.6 Å². The third kappa shape index (κ3) is 4.59. The van der Waals surface area contributed by atoms with E-state index in [0.29, 0.717) is 6.04 Å². The van der Waals surface area contributed by atoms with Gasteiger partial charge in [-0.25, -0.2) is 0 Å². The van der Waals surface area contributed by atoms with E-state index in [-0.39, 0.29) is 0 Å². The topological polar surface area (TPSA) is 48.9 Å². The van der Waals surface area contributed by atoms with Crippen molar-refractivity contribution in [1.82, 2.24) is 15.5 Å². The minimum Gasteiger partial charge on any atom is -0.379 e. The van der Waals surface area contributed by atoms with Crippen LogP contribution in [-0.2, 0) is 4.74 Å². The highest BCUT2D eigenvalue weighted by molar-refractivity contribution is 5.80. The molecule has 3 rings (SSSR count). The summed E-state index contributed by atoms with van der Waals surface area (Å²) in [5, 5.41) is 7.09. The van der Waals surface area contributed by atoms with Gasteiger partial charge in [0, 0.05) is 39.3 Å². The first kappa shape index (κ1) is 16.1. The van der Waals surface area contributed by atoms with Crippen molar-refractivity contribution in [3.05, 3.63) is 0 Å².